The first-order valence-electron chi connectivity index (χ1n) is 7.46. The van der Waals surface area contributed by atoms with Gasteiger partial charge in [0.1, 0.15) is 11.9 Å². The zero-order valence-corrected chi connectivity index (χ0v) is 13.9. The van der Waals surface area contributed by atoms with Crippen LogP contribution in [0.4, 0.5) is 10.1 Å². The highest BCUT2D eigenvalue weighted by atomic mass is 19.1. The zero-order chi connectivity index (χ0) is 18.2. The summed E-state index contributed by atoms with van der Waals surface area (Å²) in [5.74, 6) is 0.144. The van der Waals surface area contributed by atoms with Gasteiger partial charge in [-0.1, -0.05) is 12.1 Å². The molecular formula is C19H17FN2O3. The molecule has 0 aromatic heterocycles. The maximum absolute atomic E-state index is 13.5. The molecule has 0 radical (unpaired) electrons. The fourth-order valence-electron chi connectivity index (χ4n) is 2.04. The highest BCUT2D eigenvalue weighted by Crippen LogP contribution is 2.28. The minimum atomic E-state index is -0.382. The number of hydrogen-bond acceptors (Lipinski definition) is 4. The molecule has 128 valence electrons. The molecule has 6 heteroatoms. The van der Waals surface area contributed by atoms with Crippen LogP contribution in [0.15, 0.2) is 42.5 Å². The number of amides is 1. The van der Waals surface area contributed by atoms with Gasteiger partial charge in [-0.2, -0.15) is 5.26 Å². The molecule has 0 aliphatic heterocycles. The van der Waals surface area contributed by atoms with Crippen molar-refractivity contribution in [2.45, 2.75) is 6.92 Å². The van der Waals surface area contributed by atoms with Crippen molar-refractivity contribution >= 4 is 17.7 Å². The summed E-state index contributed by atoms with van der Waals surface area (Å²) in [6.45, 7) is 1.57. The zero-order valence-electron chi connectivity index (χ0n) is 13.9. The first-order chi connectivity index (χ1) is 12.0. The van der Waals surface area contributed by atoms with Gasteiger partial charge in [-0.3, -0.25) is 4.79 Å². The number of benzene rings is 2. The number of hydrogen-bond donors (Lipinski definition) is 1. The number of nitrogens with zero attached hydrogens (tertiary/aromatic N) is 1. The third-order valence-electron chi connectivity index (χ3n) is 3.35. The average Bonchev–Trinajstić information content (AvgIpc) is 2.61. The van der Waals surface area contributed by atoms with Gasteiger partial charge < -0.3 is 14.8 Å². The molecule has 0 fully saturated rings. The lowest BCUT2D eigenvalue weighted by Gasteiger charge is -2.08. The van der Waals surface area contributed by atoms with E-state index in [-0.39, 0.29) is 18.3 Å². The largest absolute Gasteiger partial charge is 0.493 e. The predicted octanol–water partition coefficient (Wildman–Crippen LogP) is 3.70. The Morgan fingerprint density at radius 1 is 1.28 bits per heavy atom. The van der Waals surface area contributed by atoms with Crippen LogP contribution in [0, 0.1) is 24.1 Å². The second-order valence-electron chi connectivity index (χ2n) is 5.14. The molecule has 0 bridgehead atoms. The minimum absolute atomic E-state index is 0.0823. The Morgan fingerprint density at radius 3 is 2.76 bits per heavy atom. The van der Waals surface area contributed by atoms with Crippen LogP contribution in [0.5, 0.6) is 11.5 Å². The maximum atomic E-state index is 13.5. The number of halogens is 1. The Morgan fingerprint density at radius 2 is 2.08 bits per heavy atom. The van der Waals surface area contributed by atoms with Gasteiger partial charge in [0.2, 0.25) is 5.91 Å². The van der Waals surface area contributed by atoms with E-state index in [0.717, 1.165) is 0 Å². The Hall–Kier alpha value is -3.33. The lowest BCUT2D eigenvalue weighted by molar-refractivity contribution is -0.111. The molecule has 2 aromatic rings. The normalized spacial score (nSPS) is 10.3. The van der Waals surface area contributed by atoms with Gasteiger partial charge in [0.25, 0.3) is 0 Å². The van der Waals surface area contributed by atoms with Crippen LogP contribution >= 0.6 is 0 Å². The van der Waals surface area contributed by atoms with Crippen molar-refractivity contribution in [2.75, 3.05) is 19.0 Å². The van der Waals surface area contributed by atoms with Gasteiger partial charge in [-0.15, -0.1) is 0 Å². The minimum Gasteiger partial charge on any atom is -0.493 e. The number of methoxy groups -OCH3 is 1. The number of carbonyl (C=O) groups excluding carboxylic acids is 1. The number of nitriles is 1. The molecule has 0 unspecified atom stereocenters. The molecule has 5 nitrogen and oxygen atoms in total. The Bertz CT molecular complexity index is 841. The summed E-state index contributed by atoms with van der Waals surface area (Å²) in [6.07, 6.45) is 2.93. The summed E-state index contributed by atoms with van der Waals surface area (Å²) in [5, 5.41) is 11.1. The van der Waals surface area contributed by atoms with Gasteiger partial charge in [0.05, 0.1) is 7.11 Å². The molecule has 0 spiro atoms. The van der Waals surface area contributed by atoms with Crippen LogP contribution in [0.3, 0.4) is 0 Å². The smallest absolute Gasteiger partial charge is 0.248 e. The third-order valence-corrected chi connectivity index (χ3v) is 3.35. The summed E-state index contributed by atoms with van der Waals surface area (Å²) in [5.41, 5.74) is 1.61. The van der Waals surface area contributed by atoms with E-state index >= 15 is 0 Å². The van der Waals surface area contributed by atoms with Crippen LogP contribution < -0.4 is 14.8 Å². The monoisotopic (exact) mass is 340 g/mol. The van der Waals surface area contributed by atoms with Crippen LogP contribution in [0.2, 0.25) is 0 Å². The van der Waals surface area contributed by atoms with E-state index < -0.39 is 0 Å². The molecule has 2 rings (SSSR count). The molecule has 0 saturated carbocycles. The quantitative estimate of drug-likeness (QED) is 0.814. The standard InChI is InChI=1S/C19H17FN2O3/c1-13-3-6-15(12-16(13)20)22-19(23)8-5-14-4-7-17(25-10-9-21)18(11-14)24-2/h3-8,11-12H,10H2,1-2H3,(H,22,23)/b8-5+. The molecule has 0 heterocycles. The molecule has 0 aliphatic carbocycles. The van der Waals surface area contributed by atoms with E-state index in [0.29, 0.717) is 28.3 Å². The lowest BCUT2D eigenvalue weighted by Crippen LogP contribution is -2.08. The predicted molar refractivity (Wildman–Crippen MR) is 92.9 cm³/mol. The number of rotatable bonds is 6. The van der Waals surface area contributed by atoms with E-state index in [1.54, 1.807) is 43.3 Å². The van der Waals surface area contributed by atoms with Gasteiger partial charge >= 0.3 is 0 Å². The number of ether oxygens (including phenoxy) is 2. The highest BCUT2D eigenvalue weighted by Gasteiger charge is 2.05. The van der Waals surface area contributed by atoms with Gasteiger partial charge in [0, 0.05) is 11.8 Å². The van der Waals surface area contributed by atoms with Crippen molar-refractivity contribution in [3.63, 3.8) is 0 Å². The molecule has 1 amide bonds. The summed E-state index contributed by atoms with van der Waals surface area (Å²) in [6, 6.07) is 11.4. The highest BCUT2D eigenvalue weighted by molar-refractivity contribution is 6.01. The topological polar surface area (TPSA) is 71.3 Å². The number of aryl methyl sites for hydroxylation is 1. The van der Waals surface area contributed by atoms with E-state index in [1.807, 2.05) is 6.07 Å². The SMILES string of the molecule is COc1cc(/C=C/C(=O)Nc2ccc(C)c(F)c2)ccc1OCC#N. The fraction of sp³-hybridized carbons (Fsp3) is 0.158. The van der Waals surface area contributed by atoms with Crippen molar-refractivity contribution in [1.82, 2.24) is 0 Å². The second kappa shape index (κ2) is 8.50. The maximum Gasteiger partial charge on any atom is 0.248 e. The Kier molecular flexibility index (Phi) is 6.13. The van der Waals surface area contributed by atoms with Gasteiger partial charge in [-0.05, 0) is 48.4 Å². The number of carbonyl (C=O) groups is 1. The molecule has 0 atom stereocenters. The van der Waals surface area contributed by atoms with Gasteiger partial charge in [-0.25, -0.2) is 4.39 Å². The summed E-state index contributed by atoms with van der Waals surface area (Å²) in [4.78, 5) is 11.9. The summed E-state index contributed by atoms with van der Waals surface area (Å²) < 4.78 is 23.9. The lowest BCUT2D eigenvalue weighted by atomic mass is 10.2. The van der Waals surface area contributed by atoms with E-state index in [1.165, 1.54) is 19.3 Å². The van der Waals surface area contributed by atoms with E-state index in [9.17, 15) is 9.18 Å². The average molecular weight is 340 g/mol. The fourth-order valence-corrected chi connectivity index (χ4v) is 2.04. The second-order valence-corrected chi connectivity index (χ2v) is 5.14. The van der Waals surface area contributed by atoms with Crippen molar-refractivity contribution in [2.24, 2.45) is 0 Å². The van der Waals surface area contributed by atoms with Crippen molar-refractivity contribution < 1.29 is 18.7 Å². The molecule has 0 saturated heterocycles. The molecule has 2 aromatic carbocycles. The van der Waals surface area contributed by atoms with Gasteiger partial charge in [0.15, 0.2) is 18.1 Å². The van der Waals surface area contributed by atoms with Crippen molar-refractivity contribution in [3.05, 3.63) is 59.4 Å². The van der Waals surface area contributed by atoms with Crippen LogP contribution in [-0.4, -0.2) is 19.6 Å². The van der Waals surface area contributed by atoms with Crippen molar-refractivity contribution in [3.8, 4) is 17.6 Å². The third kappa shape index (κ3) is 5.08. The molecule has 1 N–H and O–H groups in total. The Balaban J connectivity index is 2.06. The Labute approximate surface area is 145 Å². The van der Waals surface area contributed by atoms with Crippen LogP contribution in [-0.2, 0) is 4.79 Å². The molecular weight excluding hydrogens is 323 g/mol. The molecule has 25 heavy (non-hydrogen) atoms. The number of anilines is 1. The molecule has 0 aliphatic rings. The first kappa shape index (κ1) is 18.0. The summed E-state index contributed by atoms with van der Waals surface area (Å²) >= 11 is 0. The summed E-state index contributed by atoms with van der Waals surface area (Å²) in [7, 11) is 1.49. The van der Waals surface area contributed by atoms with Crippen LogP contribution in [0.1, 0.15) is 11.1 Å². The number of nitrogens with one attached hydrogen (secondary N) is 1. The van der Waals surface area contributed by atoms with Crippen LogP contribution in [0.25, 0.3) is 6.08 Å². The first-order valence-corrected chi connectivity index (χ1v) is 7.46. The van der Waals surface area contributed by atoms with E-state index in [4.69, 9.17) is 14.7 Å². The van der Waals surface area contributed by atoms with E-state index in [2.05, 4.69) is 5.32 Å². The van der Waals surface area contributed by atoms with Crippen molar-refractivity contribution in [1.29, 1.82) is 5.26 Å².